The lowest BCUT2D eigenvalue weighted by Gasteiger charge is -2.07. The largest absolute Gasteiger partial charge is 0.369 e. The van der Waals surface area contributed by atoms with E-state index in [-0.39, 0.29) is 19.9 Å². The van der Waals surface area contributed by atoms with E-state index in [9.17, 15) is 0 Å². The topological polar surface area (TPSA) is 0 Å². The lowest BCUT2D eigenvalue weighted by molar-refractivity contribution is 1.39. The summed E-state index contributed by atoms with van der Waals surface area (Å²) in [5.41, 5.74) is 2.55. The minimum absolute atomic E-state index is 0.0533. The highest BCUT2D eigenvalue weighted by atomic mass is 33.5. The van der Waals surface area contributed by atoms with Gasteiger partial charge < -0.3 is 0 Å². The van der Waals surface area contributed by atoms with E-state index >= 15 is 0 Å². The van der Waals surface area contributed by atoms with Crippen molar-refractivity contribution in [2.75, 3.05) is 0 Å². The van der Waals surface area contributed by atoms with Crippen LogP contribution in [0.3, 0.4) is 0 Å². The van der Waals surface area contributed by atoms with Crippen molar-refractivity contribution >= 4 is 29.7 Å². The van der Waals surface area contributed by atoms with Crippen molar-refractivity contribution in [1.82, 2.24) is 0 Å². The molecule has 0 atom stereocenters. The van der Waals surface area contributed by atoms with Gasteiger partial charge in [-0.3, -0.25) is 0 Å². The van der Waals surface area contributed by atoms with Crippen molar-refractivity contribution in [2.45, 2.75) is 19.6 Å². The molecule has 39 heavy (non-hydrogen) atoms. The average Bonchev–Trinajstić information content (AvgIpc) is 3.04. The Balaban J connectivity index is 0.000000214. The van der Waals surface area contributed by atoms with E-state index in [0.29, 0.717) is 0 Å². The molecule has 6 aromatic carbocycles. The van der Waals surface area contributed by atoms with Gasteiger partial charge in [0, 0.05) is 0 Å². The Kier molecular flexibility index (Phi) is 10.0. The van der Waals surface area contributed by atoms with E-state index < -0.39 is 0 Å². The highest BCUT2D eigenvalue weighted by molar-refractivity contribution is 9.06. The molecule has 0 nitrogen and oxygen atoms in total. The summed E-state index contributed by atoms with van der Waals surface area (Å²) in [4.78, 5) is 5.49. The third kappa shape index (κ3) is 7.70. The number of hydrogen-bond donors (Lipinski definition) is 0. The summed E-state index contributed by atoms with van der Waals surface area (Å²) >= 11 is 0. The molecule has 0 spiro atoms. The van der Waals surface area contributed by atoms with Gasteiger partial charge in [-0.25, -0.2) is 0 Å². The SMILES string of the molecule is c1ccc(-c2ccccc2)cc1.c1ccc([S+](S[S+](c2ccccc2)c2ccccc2)c2ccccc2)cc1. The van der Waals surface area contributed by atoms with Crippen molar-refractivity contribution in [2.24, 2.45) is 0 Å². The van der Waals surface area contributed by atoms with Crippen LogP contribution in [0, 0.1) is 0 Å². The molecule has 0 aromatic heterocycles. The van der Waals surface area contributed by atoms with Gasteiger partial charge in [0.25, 0.3) is 0 Å². The van der Waals surface area contributed by atoms with Crippen LogP contribution in [0.5, 0.6) is 0 Å². The Morgan fingerprint density at radius 1 is 0.256 bits per heavy atom. The second-order valence-corrected chi connectivity index (χ2v) is 15.3. The van der Waals surface area contributed by atoms with Crippen LogP contribution >= 0.6 is 9.83 Å². The number of benzene rings is 6. The number of rotatable bonds is 7. The van der Waals surface area contributed by atoms with Crippen LogP contribution in [0.2, 0.25) is 0 Å². The Morgan fingerprint density at radius 2 is 0.462 bits per heavy atom. The van der Waals surface area contributed by atoms with Crippen LogP contribution in [-0.4, -0.2) is 0 Å². The molecular weight excluding hydrogens is 529 g/mol. The van der Waals surface area contributed by atoms with Gasteiger partial charge >= 0.3 is 9.83 Å². The Morgan fingerprint density at radius 3 is 0.692 bits per heavy atom. The van der Waals surface area contributed by atoms with E-state index in [4.69, 9.17) is 0 Å². The normalized spacial score (nSPS) is 10.6. The van der Waals surface area contributed by atoms with Gasteiger partial charge in [-0.1, -0.05) is 133 Å². The zero-order valence-corrected chi connectivity index (χ0v) is 24.0. The summed E-state index contributed by atoms with van der Waals surface area (Å²) < 4.78 is 0. The summed E-state index contributed by atoms with van der Waals surface area (Å²) in [6.45, 7) is 0. The van der Waals surface area contributed by atoms with Crippen molar-refractivity contribution < 1.29 is 0 Å². The molecule has 0 aliphatic carbocycles. The highest BCUT2D eigenvalue weighted by Crippen LogP contribution is 2.44. The molecule has 3 heteroatoms. The fourth-order valence-corrected chi connectivity index (χ4v) is 13.3. The van der Waals surface area contributed by atoms with Crippen LogP contribution in [0.25, 0.3) is 11.1 Å². The van der Waals surface area contributed by atoms with Gasteiger partial charge in [0.05, 0.1) is 0 Å². The Hall–Kier alpha value is -3.63. The third-order valence-electron chi connectivity index (χ3n) is 5.85. The van der Waals surface area contributed by atoms with E-state index in [1.807, 2.05) is 12.1 Å². The zero-order chi connectivity index (χ0) is 26.5. The molecule has 0 bridgehead atoms. The summed E-state index contributed by atoms with van der Waals surface area (Å²) in [5.74, 6) is 0. The second kappa shape index (κ2) is 14.5. The predicted molar refractivity (Wildman–Crippen MR) is 173 cm³/mol. The van der Waals surface area contributed by atoms with Crippen LogP contribution in [-0.2, 0) is 19.9 Å². The Bertz CT molecular complexity index is 1300. The highest BCUT2D eigenvalue weighted by Gasteiger charge is 2.43. The molecule has 190 valence electrons. The van der Waals surface area contributed by atoms with E-state index in [1.165, 1.54) is 30.7 Å². The van der Waals surface area contributed by atoms with Gasteiger partial charge in [0.15, 0.2) is 39.4 Å². The van der Waals surface area contributed by atoms with Gasteiger partial charge in [0.2, 0.25) is 0 Å². The molecule has 0 N–H and O–H groups in total. The van der Waals surface area contributed by atoms with Crippen molar-refractivity contribution in [3.8, 4) is 11.1 Å². The van der Waals surface area contributed by atoms with Crippen molar-refractivity contribution in [1.29, 1.82) is 0 Å². The van der Waals surface area contributed by atoms with Gasteiger partial charge in [-0.15, -0.1) is 0 Å². The maximum atomic E-state index is 2.25. The fourth-order valence-electron chi connectivity index (χ4n) is 3.93. The molecular formula is C36H30S3+2. The van der Waals surface area contributed by atoms with Crippen molar-refractivity contribution in [3.63, 3.8) is 0 Å². The van der Waals surface area contributed by atoms with Crippen LogP contribution in [0.15, 0.2) is 202 Å². The molecule has 0 heterocycles. The molecule has 0 unspecified atom stereocenters. The first-order valence-corrected chi connectivity index (χ1v) is 17.2. The molecule has 0 radical (unpaired) electrons. The predicted octanol–water partition coefficient (Wildman–Crippen LogP) is 10.4. The average molecular weight is 559 g/mol. The minimum atomic E-state index is -0.0533. The molecule has 0 saturated carbocycles. The Labute approximate surface area is 241 Å². The molecule has 0 aliphatic heterocycles. The fraction of sp³-hybridized carbons (Fsp3) is 0. The van der Waals surface area contributed by atoms with E-state index in [0.717, 1.165) is 0 Å². The molecule has 0 amide bonds. The lowest BCUT2D eigenvalue weighted by Crippen LogP contribution is -2.06. The van der Waals surface area contributed by atoms with E-state index in [2.05, 4.69) is 180 Å². The monoisotopic (exact) mass is 558 g/mol. The molecule has 6 aromatic rings. The first kappa shape index (κ1) is 27.0. The smallest absolute Gasteiger partial charge is 0.0622 e. The van der Waals surface area contributed by atoms with Gasteiger partial charge in [0.1, 0.15) is 0 Å². The van der Waals surface area contributed by atoms with Crippen molar-refractivity contribution in [3.05, 3.63) is 182 Å². The third-order valence-corrected chi connectivity index (χ3v) is 14.5. The van der Waals surface area contributed by atoms with Crippen LogP contribution in [0.1, 0.15) is 0 Å². The lowest BCUT2D eigenvalue weighted by atomic mass is 10.1. The van der Waals surface area contributed by atoms with Crippen LogP contribution < -0.4 is 0 Å². The summed E-state index contributed by atoms with van der Waals surface area (Å²) in [7, 11) is 1.95. The maximum absolute atomic E-state index is 2.25. The molecule has 0 fully saturated rings. The summed E-state index contributed by atoms with van der Waals surface area (Å²) in [6, 6.07) is 64.3. The molecule has 0 aliphatic rings. The van der Waals surface area contributed by atoms with Gasteiger partial charge in [-0.05, 0) is 59.7 Å². The van der Waals surface area contributed by atoms with Gasteiger partial charge in [-0.2, -0.15) is 0 Å². The van der Waals surface area contributed by atoms with Crippen LogP contribution in [0.4, 0.5) is 0 Å². The summed E-state index contributed by atoms with van der Waals surface area (Å²) in [5, 5.41) is 0. The standard InChI is InChI=1S/C24H20S3.C12H10/c1-5-13-21(14-6-1)26(22-15-7-2-8-16-22)25-27(23-17-9-3-10-18-23)24-19-11-4-12-20-24;1-3-7-11(8-4-1)12-9-5-2-6-10-12/h1-20H;1-10H/q+2;. The zero-order valence-electron chi connectivity index (χ0n) is 21.5. The first-order valence-electron chi connectivity index (χ1n) is 12.9. The minimum Gasteiger partial charge on any atom is -0.0622 e. The van der Waals surface area contributed by atoms with E-state index in [1.54, 1.807) is 0 Å². The summed E-state index contributed by atoms with van der Waals surface area (Å²) in [6.07, 6.45) is 0. The molecule has 0 saturated heterocycles. The quantitative estimate of drug-likeness (QED) is 0.139. The molecule has 6 rings (SSSR count). The maximum Gasteiger partial charge on any atom is 0.369 e. The first-order chi connectivity index (χ1) is 19.4. The second-order valence-electron chi connectivity index (χ2n) is 8.59. The number of hydrogen-bond acceptors (Lipinski definition) is 1.